The van der Waals surface area contributed by atoms with Crippen LogP contribution >= 0.6 is 23.5 Å². The molecule has 0 aromatic carbocycles. The van der Waals surface area contributed by atoms with Crippen LogP contribution in [0.2, 0.25) is 0 Å². The van der Waals surface area contributed by atoms with Crippen LogP contribution in [0.3, 0.4) is 0 Å². The van der Waals surface area contributed by atoms with Crippen LogP contribution in [0.25, 0.3) is 0 Å². The van der Waals surface area contributed by atoms with Crippen molar-refractivity contribution in [1.29, 1.82) is 0 Å². The lowest BCUT2D eigenvalue weighted by Crippen LogP contribution is -2.76. The predicted molar refractivity (Wildman–Crippen MR) is 72.2 cm³/mol. The van der Waals surface area contributed by atoms with Crippen molar-refractivity contribution in [1.82, 2.24) is 9.80 Å². The van der Waals surface area contributed by atoms with Crippen molar-refractivity contribution in [3.63, 3.8) is 0 Å². The molecule has 0 bridgehead atoms. The summed E-state index contributed by atoms with van der Waals surface area (Å²) in [4.78, 5) is 26.2. The van der Waals surface area contributed by atoms with Gasteiger partial charge in [0, 0.05) is 14.1 Å². The lowest BCUT2D eigenvalue weighted by Gasteiger charge is -2.50. The Bertz CT molecular complexity index is 334. The third kappa shape index (κ3) is 2.11. The molecule has 1 saturated heterocycles. The van der Waals surface area contributed by atoms with E-state index in [1.807, 2.05) is 0 Å². The molecule has 0 aromatic rings. The number of aliphatic hydroxyl groups is 2. The van der Waals surface area contributed by atoms with Crippen LogP contribution in [-0.4, -0.2) is 81.4 Å². The van der Waals surface area contributed by atoms with Crippen LogP contribution in [-0.2, 0) is 9.59 Å². The van der Waals surface area contributed by atoms with E-state index in [2.05, 4.69) is 0 Å². The standard InChI is InChI=1S/C10H18N2O4S2/c1-11-7(13)10(16,6-18-4)12(2)8(14)9(11,15)5-17-3/h15-16H,5-6H2,1-4H3. The minimum Gasteiger partial charge on any atom is -0.362 e. The number of carbonyl (C=O) groups excluding carboxylic acids is 2. The summed E-state index contributed by atoms with van der Waals surface area (Å²) < 4.78 is 0. The Hall–Kier alpha value is -0.440. The summed E-state index contributed by atoms with van der Waals surface area (Å²) in [6, 6.07) is 0. The SMILES string of the molecule is CSCC1(O)C(=O)N(C)C(O)(CSC)C(=O)N1C. The van der Waals surface area contributed by atoms with Crippen LogP contribution in [0.1, 0.15) is 0 Å². The molecule has 104 valence electrons. The molecular weight excluding hydrogens is 276 g/mol. The van der Waals surface area contributed by atoms with Crippen molar-refractivity contribution in [2.24, 2.45) is 0 Å². The number of likely N-dealkylation sites (N-methyl/N-ethyl adjacent to an activating group) is 2. The number of hydrogen-bond acceptors (Lipinski definition) is 6. The van der Waals surface area contributed by atoms with Crippen LogP contribution in [0.5, 0.6) is 0 Å². The van der Waals surface area contributed by atoms with Crippen LogP contribution in [0.4, 0.5) is 0 Å². The van der Waals surface area contributed by atoms with Gasteiger partial charge in [0.05, 0.1) is 11.5 Å². The van der Waals surface area contributed by atoms with E-state index < -0.39 is 23.3 Å². The van der Waals surface area contributed by atoms with E-state index in [1.165, 1.54) is 37.6 Å². The second-order valence-electron chi connectivity index (χ2n) is 4.23. The van der Waals surface area contributed by atoms with E-state index in [0.717, 1.165) is 9.80 Å². The minimum absolute atomic E-state index is 0.0633. The molecule has 2 amide bonds. The first-order valence-corrected chi connectivity index (χ1v) is 8.03. The lowest BCUT2D eigenvalue weighted by atomic mass is 10.0. The van der Waals surface area contributed by atoms with Gasteiger partial charge in [-0.3, -0.25) is 9.59 Å². The Balaban J connectivity index is 3.19. The molecular formula is C10H18N2O4S2. The van der Waals surface area contributed by atoms with Crippen molar-refractivity contribution in [2.45, 2.75) is 11.4 Å². The third-order valence-corrected chi connectivity index (χ3v) is 4.48. The molecule has 2 unspecified atom stereocenters. The number of thioether (sulfide) groups is 2. The Morgan fingerprint density at radius 1 is 0.944 bits per heavy atom. The Morgan fingerprint density at radius 2 is 1.22 bits per heavy atom. The highest BCUT2D eigenvalue weighted by Gasteiger charge is 2.59. The number of rotatable bonds is 4. The largest absolute Gasteiger partial charge is 0.362 e. The maximum atomic E-state index is 12.2. The van der Waals surface area contributed by atoms with Gasteiger partial charge in [0.2, 0.25) is 11.4 Å². The molecule has 1 aliphatic heterocycles. The van der Waals surface area contributed by atoms with E-state index in [0.29, 0.717) is 0 Å². The highest BCUT2D eigenvalue weighted by molar-refractivity contribution is 7.98. The topological polar surface area (TPSA) is 81.1 Å². The molecule has 1 heterocycles. The number of hydrogen-bond donors (Lipinski definition) is 2. The van der Waals surface area contributed by atoms with Gasteiger partial charge < -0.3 is 20.0 Å². The van der Waals surface area contributed by atoms with E-state index in [9.17, 15) is 19.8 Å². The smallest absolute Gasteiger partial charge is 0.279 e. The molecule has 18 heavy (non-hydrogen) atoms. The molecule has 0 spiro atoms. The minimum atomic E-state index is -1.89. The molecule has 0 aliphatic carbocycles. The third-order valence-electron chi connectivity index (χ3n) is 3.10. The first-order valence-electron chi connectivity index (χ1n) is 5.25. The maximum Gasteiger partial charge on any atom is 0.279 e. The normalized spacial score (nSPS) is 33.2. The summed E-state index contributed by atoms with van der Waals surface area (Å²) in [5.41, 5.74) is -3.79. The Kier molecular flexibility index (Phi) is 4.58. The highest BCUT2D eigenvalue weighted by Crippen LogP contribution is 2.31. The molecule has 2 N–H and O–H groups in total. The summed E-state index contributed by atoms with van der Waals surface area (Å²) in [6.07, 6.45) is 3.46. The van der Waals surface area contributed by atoms with Crippen molar-refractivity contribution in [3.8, 4) is 0 Å². The van der Waals surface area contributed by atoms with Gasteiger partial charge in [-0.15, -0.1) is 0 Å². The fraction of sp³-hybridized carbons (Fsp3) is 0.800. The lowest BCUT2D eigenvalue weighted by molar-refractivity contribution is -0.219. The van der Waals surface area contributed by atoms with E-state index >= 15 is 0 Å². The molecule has 8 heteroatoms. The molecule has 0 saturated carbocycles. The summed E-state index contributed by atoms with van der Waals surface area (Å²) in [5, 5.41) is 20.6. The second-order valence-corrected chi connectivity index (χ2v) is 5.96. The van der Waals surface area contributed by atoms with Gasteiger partial charge in [0.1, 0.15) is 0 Å². The van der Waals surface area contributed by atoms with Gasteiger partial charge in [-0.1, -0.05) is 0 Å². The predicted octanol–water partition coefficient (Wildman–Crippen LogP) is -0.980. The molecule has 6 nitrogen and oxygen atoms in total. The van der Waals surface area contributed by atoms with Crippen molar-refractivity contribution in [2.75, 3.05) is 38.1 Å². The zero-order chi connectivity index (χ0) is 14.1. The highest BCUT2D eigenvalue weighted by atomic mass is 32.2. The first-order chi connectivity index (χ1) is 8.25. The Labute approximate surface area is 115 Å². The van der Waals surface area contributed by atoms with Gasteiger partial charge >= 0.3 is 0 Å². The van der Waals surface area contributed by atoms with Crippen molar-refractivity contribution >= 4 is 35.3 Å². The van der Waals surface area contributed by atoms with Gasteiger partial charge in [-0.05, 0) is 12.5 Å². The van der Waals surface area contributed by atoms with Crippen molar-refractivity contribution < 1.29 is 19.8 Å². The molecule has 1 fully saturated rings. The molecule has 0 aromatic heterocycles. The molecule has 2 atom stereocenters. The summed E-state index contributed by atoms with van der Waals surface area (Å²) in [6.45, 7) is 0. The monoisotopic (exact) mass is 294 g/mol. The zero-order valence-electron chi connectivity index (χ0n) is 10.8. The number of carbonyl (C=O) groups is 2. The average Bonchev–Trinajstić information content (AvgIpc) is 2.34. The number of piperazine rings is 1. The van der Waals surface area contributed by atoms with Crippen LogP contribution < -0.4 is 0 Å². The summed E-state index contributed by atoms with van der Waals surface area (Å²) >= 11 is 2.51. The number of nitrogens with zero attached hydrogens (tertiary/aromatic N) is 2. The van der Waals surface area contributed by atoms with Gasteiger partial charge in [0.25, 0.3) is 11.8 Å². The van der Waals surface area contributed by atoms with Gasteiger partial charge in [-0.2, -0.15) is 23.5 Å². The quantitative estimate of drug-likeness (QED) is 0.694. The first kappa shape index (κ1) is 15.6. The van der Waals surface area contributed by atoms with Gasteiger partial charge in [-0.25, -0.2) is 0 Å². The van der Waals surface area contributed by atoms with Crippen molar-refractivity contribution in [3.05, 3.63) is 0 Å². The van der Waals surface area contributed by atoms with Crippen LogP contribution in [0, 0.1) is 0 Å². The molecule has 1 aliphatic rings. The fourth-order valence-corrected chi connectivity index (χ4v) is 3.32. The fourth-order valence-electron chi connectivity index (χ4n) is 1.88. The second kappa shape index (κ2) is 5.28. The Morgan fingerprint density at radius 3 is 1.44 bits per heavy atom. The molecule has 0 radical (unpaired) electrons. The van der Waals surface area contributed by atoms with Gasteiger partial charge in [0.15, 0.2) is 0 Å². The van der Waals surface area contributed by atoms with Crippen LogP contribution in [0.15, 0.2) is 0 Å². The van der Waals surface area contributed by atoms with E-state index in [1.54, 1.807) is 12.5 Å². The number of amides is 2. The summed E-state index contributed by atoms with van der Waals surface area (Å²) in [5.74, 6) is -1.22. The van der Waals surface area contributed by atoms with E-state index in [-0.39, 0.29) is 11.5 Å². The zero-order valence-corrected chi connectivity index (χ0v) is 12.5. The average molecular weight is 294 g/mol. The summed E-state index contributed by atoms with van der Waals surface area (Å²) in [7, 11) is 2.66. The molecule has 1 rings (SSSR count). The maximum absolute atomic E-state index is 12.2. The van der Waals surface area contributed by atoms with E-state index in [4.69, 9.17) is 0 Å².